The monoisotopic (exact) mass is 292 g/mol. The van der Waals surface area contributed by atoms with E-state index in [9.17, 15) is 14.7 Å². The summed E-state index contributed by atoms with van der Waals surface area (Å²) < 4.78 is 9.73. The molecule has 0 fully saturated rings. The zero-order chi connectivity index (χ0) is 15.8. The highest BCUT2D eigenvalue weighted by Gasteiger charge is 2.16. The number of nitrogens with zero attached hydrogens (tertiary/aromatic N) is 2. The molecule has 0 aromatic heterocycles. The predicted octanol–water partition coefficient (Wildman–Crippen LogP) is 0.930. The summed E-state index contributed by atoms with van der Waals surface area (Å²) in [5.74, 6) is -1.12. The van der Waals surface area contributed by atoms with Crippen molar-refractivity contribution in [2.24, 2.45) is 0 Å². The molecule has 0 saturated carbocycles. The van der Waals surface area contributed by atoms with E-state index in [1.54, 1.807) is 0 Å². The van der Waals surface area contributed by atoms with Crippen molar-refractivity contribution in [1.82, 2.24) is 4.90 Å². The van der Waals surface area contributed by atoms with Gasteiger partial charge < -0.3 is 19.5 Å². The number of likely N-dealkylation sites (N-methyl/N-ethyl adjacent to an activating group) is 1. The topological polar surface area (TPSA) is 99.9 Å². The number of hydrogen-bond donors (Lipinski definition) is 1. The van der Waals surface area contributed by atoms with Crippen molar-refractivity contribution in [2.45, 2.75) is 6.42 Å². The lowest BCUT2D eigenvalue weighted by Gasteiger charge is -2.15. The first-order chi connectivity index (χ1) is 9.99. The van der Waals surface area contributed by atoms with Gasteiger partial charge in [-0.1, -0.05) is 0 Å². The molecule has 1 N–H and O–H groups in total. The highest BCUT2D eigenvalue weighted by atomic mass is 16.5. The van der Waals surface area contributed by atoms with Crippen molar-refractivity contribution < 1.29 is 24.2 Å². The number of ether oxygens (including phenoxy) is 2. The Balaban J connectivity index is 2.58. The molecule has 1 aromatic carbocycles. The Bertz CT molecular complexity index is 565. The van der Waals surface area contributed by atoms with E-state index in [1.807, 2.05) is 6.07 Å². The summed E-state index contributed by atoms with van der Waals surface area (Å²) in [6, 6.07) is 6.04. The molecule has 0 aliphatic heterocycles. The van der Waals surface area contributed by atoms with E-state index in [-0.39, 0.29) is 24.3 Å². The smallest absolute Gasteiger partial charge is 0.342 e. The van der Waals surface area contributed by atoms with E-state index in [1.165, 1.54) is 37.3 Å². The zero-order valence-corrected chi connectivity index (χ0v) is 11.8. The third-order valence-electron chi connectivity index (χ3n) is 2.74. The minimum Gasteiger partial charge on any atom is -0.507 e. The van der Waals surface area contributed by atoms with Crippen LogP contribution in [0.1, 0.15) is 16.8 Å². The molecule has 0 atom stereocenters. The summed E-state index contributed by atoms with van der Waals surface area (Å²) in [7, 11) is 2.95. The lowest BCUT2D eigenvalue weighted by Crippen LogP contribution is -2.31. The lowest BCUT2D eigenvalue weighted by molar-refractivity contribution is -0.133. The van der Waals surface area contributed by atoms with Crippen molar-refractivity contribution in [1.29, 1.82) is 5.26 Å². The quantitative estimate of drug-likeness (QED) is 0.783. The average Bonchev–Trinajstić information content (AvgIpc) is 2.49. The molecular formula is C14H16N2O5. The molecule has 0 unspecified atom stereocenters. The molecule has 0 radical (unpaired) electrons. The number of esters is 1. The van der Waals surface area contributed by atoms with Crippen LogP contribution in [-0.2, 0) is 9.53 Å². The fourth-order valence-electron chi connectivity index (χ4n) is 1.47. The van der Waals surface area contributed by atoms with Crippen molar-refractivity contribution in [2.75, 3.05) is 27.3 Å². The van der Waals surface area contributed by atoms with Gasteiger partial charge in [0.05, 0.1) is 19.6 Å². The van der Waals surface area contributed by atoms with Crippen LogP contribution in [0.15, 0.2) is 18.2 Å². The molecule has 21 heavy (non-hydrogen) atoms. The van der Waals surface area contributed by atoms with Gasteiger partial charge in [0.1, 0.15) is 17.1 Å². The van der Waals surface area contributed by atoms with Gasteiger partial charge in [0, 0.05) is 19.7 Å². The fourth-order valence-corrected chi connectivity index (χ4v) is 1.47. The van der Waals surface area contributed by atoms with Crippen LogP contribution in [0.3, 0.4) is 0 Å². The summed E-state index contributed by atoms with van der Waals surface area (Å²) >= 11 is 0. The molecule has 112 valence electrons. The Morgan fingerprint density at radius 1 is 1.43 bits per heavy atom. The van der Waals surface area contributed by atoms with Gasteiger partial charge in [-0.05, 0) is 12.1 Å². The van der Waals surface area contributed by atoms with Crippen molar-refractivity contribution in [3.63, 3.8) is 0 Å². The number of carbonyl (C=O) groups excluding carboxylic acids is 2. The minimum atomic E-state index is -0.808. The number of phenols is 1. The van der Waals surface area contributed by atoms with Gasteiger partial charge in [-0.3, -0.25) is 4.79 Å². The standard InChI is InChI=1S/C14H16N2O5/c1-16(7-3-6-15)13(18)9-21-14(19)11-5-4-10(20-2)8-12(11)17/h4-5,8,17H,3,7,9H2,1-2H3. The molecule has 0 saturated heterocycles. The number of benzene rings is 1. The number of aromatic hydroxyl groups is 1. The Labute approximate surface area is 122 Å². The minimum absolute atomic E-state index is 0.0525. The molecule has 1 rings (SSSR count). The summed E-state index contributed by atoms with van der Waals surface area (Å²) in [6.45, 7) is -0.188. The molecule has 1 amide bonds. The van der Waals surface area contributed by atoms with Crippen LogP contribution in [0, 0.1) is 11.3 Å². The second-order valence-corrected chi connectivity index (χ2v) is 4.18. The number of phenolic OH excluding ortho intramolecular Hbond substituents is 1. The van der Waals surface area contributed by atoms with E-state index < -0.39 is 18.5 Å². The summed E-state index contributed by atoms with van der Waals surface area (Å²) in [4.78, 5) is 24.7. The van der Waals surface area contributed by atoms with E-state index in [2.05, 4.69) is 0 Å². The summed E-state index contributed by atoms with van der Waals surface area (Å²) in [6.07, 6.45) is 0.204. The number of hydrogen-bond acceptors (Lipinski definition) is 6. The first-order valence-corrected chi connectivity index (χ1v) is 6.14. The third-order valence-corrected chi connectivity index (χ3v) is 2.74. The third kappa shape index (κ3) is 4.69. The number of rotatable bonds is 6. The van der Waals surface area contributed by atoms with E-state index in [0.717, 1.165) is 0 Å². The van der Waals surface area contributed by atoms with E-state index in [4.69, 9.17) is 14.7 Å². The Morgan fingerprint density at radius 3 is 2.71 bits per heavy atom. The van der Waals surface area contributed by atoms with Gasteiger partial charge in [0.15, 0.2) is 6.61 Å². The number of carbonyl (C=O) groups is 2. The Hall–Kier alpha value is -2.75. The molecule has 7 nitrogen and oxygen atoms in total. The van der Waals surface area contributed by atoms with Crippen LogP contribution in [0.2, 0.25) is 0 Å². The highest BCUT2D eigenvalue weighted by molar-refractivity contribution is 5.94. The fraction of sp³-hybridized carbons (Fsp3) is 0.357. The Morgan fingerprint density at radius 2 is 2.14 bits per heavy atom. The SMILES string of the molecule is COc1ccc(C(=O)OCC(=O)N(C)CCC#N)c(O)c1. The van der Waals surface area contributed by atoms with Gasteiger partial charge in [-0.2, -0.15) is 5.26 Å². The zero-order valence-electron chi connectivity index (χ0n) is 11.8. The Kier molecular flexibility index (Phi) is 6.01. The van der Waals surface area contributed by atoms with Crippen molar-refractivity contribution in [3.8, 4) is 17.6 Å². The molecule has 0 bridgehead atoms. The van der Waals surface area contributed by atoms with Crippen LogP contribution >= 0.6 is 0 Å². The summed E-state index contributed by atoms with van der Waals surface area (Å²) in [5.41, 5.74) is -0.0525. The first kappa shape index (κ1) is 16.3. The maximum atomic E-state index is 11.8. The molecule has 0 aliphatic rings. The maximum Gasteiger partial charge on any atom is 0.342 e. The number of amides is 1. The normalized spacial score (nSPS) is 9.57. The average molecular weight is 292 g/mol. The van der Waals surface area contributed by atoms with Gasteiger partial charge >= 0.3 is 5.97 Å². The van der Waals surface area contributed by atoms with E-state index in [0.29, 0.717) is 5.75 Å². The van der Waals surface area contributed by atoms with Crippen LogP contribution in [0.4, 0.5) is 0 Å². The molecule has 0 aliphatic carbocycles. The van der Waals surface area contributed by atoms with Gasteiger partial charge in [-0.15, -0.1) is 0 Å². The first-order valence-electron chi connectivity index (χ1n) is 6.14. The second kappa shape index (κ2) is 7.75. The van der Waals surface area contributed by atoms with Gasteiger partial charge in [0.25, 0.3) is 5.91 Å². The van der Waals surface area contributed by atoms with E-state index >= 15 is 0 Å². The molecule has 0 spiro atoms. The van der Waals surface area contributed by atoms with Crippen LogP contribution < -0.4 is 4.74 Å². The number of methoxy groups -OCH3 is 1. The van der Waals surface area contributed by atoms with Gasteiger partial charge in [-0.25, -0.2) is 4.79 Å². The van der Waals surface area contributed by atoms with Gasteiger partial charge in [0.2, 0.25) is 0 Å². The maximum absolute atomic E-state index is 11.8. The van der Waals surface area contributed by atoms with Crippen molar-refractivity contribution >= 4 is 11.9 Å². The van der Waals surface area contributed by atoms with Crippen LogP contribution in [0.25, 0.3) is 0 Å². The van der Waals surface area contributed by atoms with Crippen LogP contribution in [-0.4, -0.2) is 49.2 Å². The largest absolute Gasteiger partial charge is 0.507 e. The second-order valence-electron chi connectivity index (χ2n) is 4.18. The van der Waals surface area contributed by atoms with Crippen molar-refractivity contribution in [3.05, 3.63) is 23.8 Å². The summed E-state index contributed by atoms with van der Waals surface area (Å²) in [5, 5.41) is 18.1. The lowest BCUT2D eigenvalue weighted by atomic mass is 10.2. The molecule has 7 heteroatoms. The predicted molar refractivity (Wildman–Crippen MR) is 72.8 cm³/mol. The number of nitriles is 1. The molecule has 1 aromatic rings. The molecular weight excluding hydrogens is 276 g/mol. The molecule has 0 heterocycles. The highest BCUT2D eigenvalue weighted by Crippen LogP contribution is 2.23. The van der Waals surface area contributed by atoms with Crippen LogP contribution in [0.5, 0.6) is 11.5 Å².